The summed E-state index contributed by atoms with van der Waals surface area (Å²) in [4.78, 5) is 16.4. The third kappa shape index (κ3) is 3.07. The zero-order chi connectivity index (χ0) is 18.0. The largest absolute Gasteiger partial charge is 0.497 e. The maximum atomic E-state index is 11.3. The molecule has 25 heavy (non-hydrogen) atoms. The van der Waals surface area contributed by atoms with E-state index in [1.807, 2.05) is 19.1 Å². The van der Waals surface area contributed by atoms with Crippen molar-refractivity contribution >= 4 is 11.5 Å². The number of hydrogen-bond acceptors (Lipinski definition) is 6. The van der Waals surface area contributed by atoms with Crippen molar-refractivity contribution in [2.24, 2.45) is 4.99 Å². The lowest BCUT2D eigenvalue weighted by molar-refractivity contribution is -0.391. The molecule has 3 aromatic rings. The smallest absolute Gasteiger partial charge is 0.438 e. The molecule has 0 atom stereocenters. The number of ether oxygens (including phenoxy) is 1. The van der Waals surface area contributed by atoms with Gasteiger partial charge >= 0.3 is 5.82 Å². The summed E-state index contributed by atoms with van der Waals surface area (Å²) in [5, 5.41) is 25.6. The van der Waals surface area contributed by atoms with Crippen LogP contribution in [-0.4, -0.2) is 32.0 Å². The normalized spacial score (nSPS) is 11.5. The molecule has 0 fully saturated rings. The average molecular weight is 341 g/mol. The quantitative estimate of drug-likeness (QED) is 0.445. The van der Waals surface area contributed by atoms with Gasteiger partial charge in [-0.2, -0.15) is 0 Å². The molecule has 128 valence electrons. The highest BCUT2D eigenvalue weighted by Crippen LogP contribution is 2.19. The van der Waals surface area contributed by atoms with E-state index >= 15 is 0 Å². The molecule has 3 rings (SSSR count). The summed E-state index contributed by atoms with van der Waals surface area (Å²) in [5.74, 6) is -0.0201. The fourth-order valence-corrected chi connectivity index (χ4v) is 2.31. The highest BCUT2D eigenvalue weighted by atomic mass is 16.6. The summed E-state index contributed by atoms with van der Waals surface area (Å²) >= 11 is 0. The third-order valence-corrected chi connectivity index (χ3v) is 3.55. The van der Waals surface area contributed by atoms with Gasteiger partial charge in [0.25, 0.3) is 5.49 Å². The number of aryl methyl sites for hydroxylation is 1. The first-order valence-corrected chi connectivity index (χ1v) is 7.32. The lowest BCUT2D eigenvalue weighted by Crippen LogP contribution is -2.22. The number of para-hydroxylation sites is 1. The van der Waals surface area contributed by atoms with E-state index < -0.39 is 10.7 Å². The highest BCUT2D eigenvalue weighted by molar-refractivity contribution is 5.44. The molecule has 0 unspecified atom stereocenters. The molecular weight excluding hydrogens is 326 g/mol. The van der Waals surface area contributed by atoms with Crippen molar-refractivity contribution in [2.45, 2.75) is 6.92 Å². The molecule has 0 saturated carbocycles. The van der Waals surface area contributed by atoms with Crippen molar-refractivity contribution in [1.82, 2.24) is 14.7 Å². The van der Waals surface area contributed by atoms with E-state index in [-0.39, 0.29) is 5.49 Å². The first-order chi connectivity index (χ1) is 12.0. The van der Waals surface area contributed by atoms with E-state index in [4.69, 9.17) is 4.74 Å². The Kier molecular flexibility index (Phi) is 4.21. The summed E-state index contributed by atoms with van der Waals surface area (Å²) in [6, 6.07) is 13.7. The third-order valence-electron chi connectivity index (χ3n) is 3.55. The van der Waals surface area contributed by atoms with Crippen LogP contribution in [0.25, 0.3) is 5.69 Å². The van der Waals surface area contributed by atoms with Crippen LogP contribution in [0.2, 0.25) is 0 Å². The van der Waals surface area contributed by atoms with Crippen LogP contribution in [0.4, 0.5) is 11.5 Å². The van der Waals surface area contributed by atoms with Crippen LogP contribution in [0.1, 0.15) is 5.56 Å². The topological polar surface area (TPSA) is 108 Å². The van der Waals surface area contributed by atoms with Crippen molar-refractivity contribution in [3.63, 3.8) is 0 Å². The average Bonchev–Trinajstić information content (AvgIpc) is 2.92. The van der Waals surface area contributed by atoms with Crippen molar-refractivity contribution in [2.75, 3.05) is 7.11 Å². The second-order valence-corrected chi connectivity index (χ2v) is 5.18. The molecule has 0 amide bonds. The van der Waals surface area contributed by atoms with E-state index in [0.29, 0.717) is 22.0 Å². The van der Waals surface area contributed by atoms with E-state index in [2.05, 4.69) is 10.1 Å². The molecule has 1 heterocycles. The Bertz CT molecular complexity index is 1010. The van der Waals surface area contributed by atoms with Gasteiger partial charge in [0.05, 0.1) is 17.9 Å². The van der Waals surface area contributed by atoms with Crippen LogP contribution in [0.3, 0.4) is 0 Å². The second-order valence-electron chi connectivity index (χ2n) is 5.18. The first kappa shape index (κ1) is 16.2. The minimum atomic E-state index is -0.694. The van der Waals surface area contributed by atoms with Crippen molar-refractivity contribution in [3.8, 4) is 11.4 Å². The number of aromatic nitrogens is 3. The van der Waals surface area contributed by atoms with Crippen LogP contribution < -0.4 is 10.2 Å². The van der Waals surface area contributed by atoms with Gasteiger partial charge < -0.3 is 20.1 Å². The molecule has 0 bridgehead atoms. The Morgan fingerprint density at radius 3 is 2.68 bits per heavy atom. The maximum Gasteiger partial charge on any atom is 0.438 e. The van der Waals surface area contributed by atoms with Gasteiger partial charge in [-0.1, -0.05) is 29.1 Å². The van der Waals surface area contributed by atoms with Gasteiger partial charge in [-0.05, 0) is 40.4 Å². The summed E-state index contributed by atoms with van der Waals surface area (Å²) < 4.78 is 5.11. The number of benzene rings is 2. The molecule has 1 aromatic heterocycles. The lowest BCUT2D eigenvalue weighted by atomic mass is 10.2. The van der Waals surface area contributed by atoms with Crippen molar-refractivity contribution < 1.29 is 14.9 Å². The van der Waals surface area contributed by atoms with E-state index in [0.717, 1.165) is 10.4 Å². The molecule has 0 radical (unpaired) electrons. The van der Waals surface area contributed by atoms with Crippen LogP contribution in [0.5, 0.6) is 5.75 Å². The summed E-state index contributed by atoms with van der Waals surface area (Å²) in [6.45, 7) is 1.81. The number of methoxy groups -OCH3 is 1. The Hall–Kier alpha value is -3.62. The molecule has 9 nitrogen and oxygen atoms in total. The maximum absolute atomic E-state index is 11.3. The highest BCUT2D eigenvalue weighted by Gasteiger charge is 2.24. The lowest BCUT2D eigenvalue weighted by Gasteiger charge is -2.03. The summed E-state index contributed by atoms with van der Waals surface area (Å²) in [7, 11) is 1.50. The molecule has 2 aromatic carbocycles. The van der Waals surface area contributed by atoms with Gasteiger partial charge in [0.1, 0.15) is 11.4 Å². The van der Waals surface area contributed by atoms with Crippen LogP contribution >= 0.6 is 0 Å². The Labute approximate surface area is 142 Å². The SMILES string of the molecule is COc1cccc(N=c2c([N+](=O)[O-])nn(-c3ccccc3C)n2O)c1. The molecule has 0 saturated heterocycles. The first-order valence-electron chi connectivity index (χ1n) is 7.32. The Morgan fingerprint density at radius 2 is 2.00 bits per heavy atom. The zero-order valence-corrected chi connectivity index (χ0v) is 13.5. The van der Waals surface area contributed by atoms with Crippen molar-refractivity contribution in [1.29, 1.82) is 0 Å². The minimum Gasteiger partial charge on any atom is -0.497 e. The minimum absolute atomic E-state index is 0.290. The Morgan fingerprint density at radius 1 is 1.24 bits per heavy atom. The standard InChI is InChI=1S/C16H15N5O4/c1-11-6-3-4-9-14(11)19-18-16(21(23)24)15(20(19)22)17-12-7-5-8-13(10-12)25-2/h3-10,22H,1-2H3. The molecule has 0 spiro atoms. The van der Waals surface area contributed by atoms with Gasteiger partial charge in [-0.25, -0.2) is 4.99 Å². The van der Waals surface area contributed by atoms with Crippen molar-refractivity contribution in [3.05, 3.63) is 69.7 Å². The van der Waals surface area contributed by atoms with Gasteiger partial charge in [0, 0.05) is 6.07 Å². The van der Waals surface area contributed by atoms with Crippen LogP contribution in [0, 0.1) is 17.0 Å². The number of nitrogens with zero attached hydrogens (tertiary/aromatic N) is 5. The molecule has 1 N–H and O–H groups in total. The molecule has 0 aliphatic carbocycles. The van der Waals surface area contributed by atoms with Gasteiger partial charge in [-0.15, -0.1) is 0 Å². The predicted molar refractivity (Wildman–Crippen MR) is 88.3 cm³/mol. The zero-order valence-electron chi connectivity index (χ0n) is 13.5. The van der Waals surface area contributed by atoms with Gasteiger partial charge in [0.15, 0.2) is 0 Å². The number of nitro groups is 1. The van der Waals surface area contributed by atoms with E-state index in [1.165, 1.54) is 7.11 Å². The Balaban J connectivity index is 2.24. The number of rotatable bonds is 4. The molecule has 9 heteroatoms. The monoisotopic (exact) mass is 341 g/mol. The van der Waals surface area contributed by atoms with Crippen LogP contribution in [-0.2, 0) is 0 Å². The predicted octanol–water partition coefficient (Wildman–Crippen LogP) is 2.37. The molecule has 0 aliphatic heterocycles. The summed E-state index contributed by atoms with van der Waals surface area (Å²) in [6.07, 6.45) is 0. The summed E-state index contributed by atoms with van der Waals surface area (Å²) in [5.41, 5.74) is 1.38. The second kappa shape index (κ2) is 6.48. The van der Waals surface area contributed by atoms with Gasteiger partial charge in [-0.3, -0.25) is 0 Å². The van der Waals surface area contributed by atoms with E-state index in [9.17, 15) is 15.3 Å². The van der Waals surface area contributed by atoms with Gasteiger partial charge in [0.2, 0.25) is 0 Å². The fourth-order valence-electron chi connectivity index (χ4n) is 2.31. The van der Waals surface area contributed by atoms with Crippen LogP contribution in [0.15, 0.2) is 53.5 Å². The molecular formula is C16H15N5O4. The fraction of sp³-hybridized carbons (Fsp3) is 0.125. The number of hydrogen-bond donors (Lipinski definition) is 1. The van der Waals surface area contributed by atoms with E-state index in [1.54, 1.807) is 36.4 Å². The molecule has 0 aliphatic rings.